The van der Waals surface area contributed by atoms with Crippen molar-refractivity contribution in [2.45, 2.75) is 19.9 Å². The van der Waals surface area contributed by atoms with Crippen LogP contribution in [0.25, 0.3) is 0 Å². The Bertz CT molecular complexity index is 386. The van der Waals surface area contributed by atoms with Crippen LogP contribution in [-0.4, -0.2) is 42.1 Å². The first-order valence-corrected chi connectivity index (χ1v) is 6.35. The molecule has 1 atom stereocenters. The van der Waals surface area contributed by atoms with Gasteiger partial charge in [0, 0.05) is 25.8 Å². The molecule has 17 heavy (non-hydrogen) atoms. The quantitative estimate of drug-likeness (QED) is 0.851. The summed E-state index contributed by atoms with van der Waals surface area (Å²) in [4.78, 5) is 14.3. The first-order chi connectivity index (χ1) is 8.26. The fraction of sp³-hybridized carbons (Fsp3) is 0.615. The summed E-state index contributed by atoms with van der Waals surface area (Å²) in [5, 5.41) is 3.18. The number of nitrogens with zero attached hydrogens (tertiary/aromatic N) is 2. The van der Waals surface area contributed by atoms with Crippen molar-refractivity contribution in [3.63, 3.8) is 0 Å². The number of amides is 1. The molecule has 1 saturated heterocycles. The molecule has 1 amide bonds. The number of carbonyl (C=O) groups excluding carboxylic acids is 1. The van der Waals surface area contributed by atoms with Crippen LogP contribution in [0.1, 0.15) is 23.8 Å². The molecule has 1 aromatic rings. The van der Waals surface area contributed by atoms with Gasteiger partial charge in [-0.3, -0.25) is 4.79 Å². The van der Waals surface area contributed by atoms with Crippen molar-refractivity contribution < 1.29 is 4.79 Å². The molecular weight excluding hydrogens is 214 g/mol. The van der Waals surface area contributed by atoms with Crippen molar-refractivity contribution in [3.05, 3.63) is 24.0 Å². The van der Waals surface area contributed by atoms with Gasteiger partial charge in [0.2, 0.25) is 0 Å². The molecule has 1 aliphatic rings. The van der Waals surface area contributed by atoms with Crippen LogP contribution in [0.3, 0.4) is 0 Å². The third-order valence-electron chi connectivity index (χ3n) is 3.46. The highest BCUT2D eigenvalue weighted by molar-refractivity contribution is 5.93. The molecule has 0 aliphatic carbocycles. The first kappa shape index (κ1) is 12.2. The number of likely N-dealkylation sites (tertiary alicyclic amines) is 1. The normalized spacial score (nSPS) is 19.9. The monoisotopic (exact) mass is 235 g/mol. The fourth-order valence-electron chi connectivity index (χ4n) is 2.52. The molecule has 0 spiro atoms. The number of carbonyl (C=O) groups is 1. The Morgan fingerprint density at radius 1 is 1.59 bits per heavy atom. The topological polar surface area (TPSA) is 37.3 Å². The fourth-order valence-corrected chi connectivity index (χ4v) is 2.52. The summed E-state index contributed by atoms with van der Waals surface area (Å²) >= 11 is 0. The second-order valence-electron chi connectivity index (χ2n) is 4.64. The van der Waals surface area contributed by atoms with Gasteiger partial charge < -0.3 is 14.8 Å². The van der Waals surface area contributed by atoms with E-state index in [4.69, 9.17) is 0 Å². The van der Waals surface area contributed by atoms with Crippen LogP contribution < -0.4 is 5.32 Å². The molecule has 1 aliphatic heterocycles. The Morgan fingerprint density at radius 2 is 2.41 bits per heavy atom. The molecule has 1 N–H and O–H groups in total. The zero-order chi connectivity index (χ0) is 12.3. The van der Waals surface area contributed by atoms with E-state index in [-0.39, 0.29) is 5.91 Å². The molecule has 2 heterocycles. The lowest BCUT2D eigenvalue weighted by Crippen LogP contribution is -2.31. The Morgan fingerprint density at radius 3 is 3.12 bits per heavy atom. The smallest absolute Gasteiger partial charge is 0.270 e. The highest BCUT2D eigenvalue weighted by Crippen LogP contribution is 2.18. The molecular formula is C13H21N3O. The second-order valence-corrected chi connectivity index (χ2v) is 4.64. The zero-order valence-corrected chi connectivity index (χ0v) is 10.6. The van der Waals surface area contributed by atoms with E-state index < -0.39 is 0 Å². The van der Waals surface area contributed by atoms with Crippen LogP contribution in [0.2, 0.25) is 0 Å². The van der Waals surface area contributed by atoms with E-state index >= 15 is 0 Å². The van der Waals surface area contributed by atoms with Gasteiger partial charge in [0.1, 0.15) is 5.69 Å². The van der Waals surface area contributed by atoms with Crippen molar-refractivity contribution in [2.24, 2.45) is 5.92 Å². The summed E-state index contributed by atoms with van der Waals surface area (Å²) in [5.41, 5.74) is 0.817. The maximum atomic E-state index is 12.3. The van der Waals surface area contributed by atoms with Crippen molar-refractivity contribution in [1.29, 1.82) is 0 Å². The van der Waals surface area contributed by atoms with Crippen molar-refractivity contribution >= 4 is 5.91 Å². The predicted molar refractivity (Wildman–Crippen MR) is 68.0 cm³/mol. The van der Waals surface area contributed by atoms with Crippen molar-refractivity contribution in [3.8, 4) is 0 Å². The molecule has 94 valence electrons. The van der Waals surface area contributed by atoms with Crippen LogP contribution in [0.4, 0.5) is 0 Å². The lowest BCUT2D eigenvalue weighted by atomic mass is 10.1. The standard InChI is InChI=1S/C13H21N3O/c1-3-15-7-4-5-12(15)13(17)16-8-6-11(10-16)9-14-2/h4-5,7,11,14H,3,6,8-10H2,1-2H3. The van der Waals surface area contributed by atoms with Crippen LogP contribution in [-0.2, 0) is 6.54 Å². The van der Waals surface area contributed by atoms with Gasteiger partial charge >= 0.3 is 0 Å². The predicted octanol–water partition coefficient (Wildman–Crippen LogP) is 1.19. The Hall–Kier alpha value is -1.29. The van der Waals surface area contributed by atoms with Gasteiger partial charge in [-0.25, -0.2) is 0 Å². The SMILES string of the molecule is CCn1cccc1C(=O)N1CCC(CNC)C1. The average molecular weight is 235 g/mol. The van der Waals surface area contributed by atoms with Gasteiger partial charge in [-0.2, -0.15) is 0 Å². The third kappa shape index (κ3) is 2.52. The lowest BCUT2D eigenvalue weighted by Gasteiger charge is -2.17. The zero-order valence-electron chi connectivity index (χ0n) is 10.6. The summed E-state index contributed by atoms with van der Waals surface area (Å²) in [6.07, 6.45) is 3.08. The van der Waals surface area contributed by atoms with Crippen molar-refractivity contribution in [1.82, 2.24) is 14.8 Å². The molecule has 0 saturated carbocycles. The van der Waals surface area contributed by atoms with E-state index in [1.807, 2.05) is 34.8 Å². The van der Waals surface area contributed by atoms with E-state index in [2.05, 4.69) is 12.2 Å². The number of rotatable bonds is 4. The molecule has 0 radical (unpaired) electrons. The minimum atomic E-state index is 0.176. The highest BCUT2D eigenvalue weighted by atomic mass is 16.2. The van der Waals surface area contributed by atoms with Crippen LogP contribution in [0.15, 0.2) is 18.3 Å². The number of nitrogens with one attached hydrogen (secondary N) is 1. The van der Waals surface area contributed by atoms with Gasteiger partial charge in [-0.05, 0) is 45.0 Å². The lowest BCUT2D eigenvalue weighted by molar-refractivity contribution is 0.0776. The number of hydrogen-bond donors (Lipinski definition) is 1. The molecule has 1 unspecified atom stereocenters. The van der Waals surface area contributed by atoms with Crippen LogP contribution >= 0.6 is 0 Å². The van der Waals surface area contributed by atoms with E-state index in [1.54, 1.807) is 0 Å². The van der Waals surface area contributed by atoms with Crippen molar-refractivity contribution in [2.75, 3.05) is 26.7 Å². The molecule has 4 nitrogen and oxygen atoms in total. The number of hydrogen-bond acceptors (Lipinski definition) is 2. The maximum absolute atomic E-state index is 12.3. The number of aryl methyl sites for hydroxylation is 1. The second kappa shape index (κ2) is 5.36. The Balaban J connectivity index is 2.02. The largest absolute Gasteiger partial charge is 0.344 e. The van der Waals surface area contributed by atoms with Gasteiger partial charge in [-0.15, -0.1) is 0 Å². The minimum Gasteiger partial charge on any atom is -0.344 e. The van der Waals surface area contributed by atoms with E-state index in [9.17, 15) is 4.79 Å². The Kier molecular flexibility index (Phi) is 3.84. The highest BCUT2D eigenvalue weighted by Gasteiger charge is 2.27. The van der Waals surface area contributed by atoms with Gasteiger partial charge in [0.05, 0.1) is 0 Å². The van der Waals surface area contributed by atoms with Crippen LogP contribution in [0, 0.1) is 5.92 Å². The van der Waals surface area contributed by atoms with Gasteiger partial charge in [0.15, 0.2) is 0 Å². The molecule has 1 fully saturated rings. The van der Waals surface area contributed by atoms with E-state index in [0.717, 1.165) is 38.3 Å². The summed E-state index contributed by atoms with van der Waals surface area (Å²) in [6.45, 7) is 5.68. The Labute approximate surface area is 103 Å². The molecule has 0 bridgehead atoms. The summed E-state index contributed by atoms with van der Waals surface area (Å²) in [7, 11) is 1.96. The number of aromatic nitrogens is 1. The van der Waals surface area contributed by atoms with E-state index in [0.29, 0.717) is 5.92 Å². The van der Waals surface area contributed by atoms with Gasteiger partial charge in [-0.1, -0.05) is 0 Å². The minimum absolute atomic E-state index is 0.176. The average Bonchev–Trinajstić information content (AvgIpc) is 2.96. The maximum Gasteiger partial charge on any atom is 0.270 e. The summed E-state index contributed by atoms with van der Waals surface area (Å²) in [6, 6.07) is 3.86. The molecule has 4 heteroatoms. The van der Waals surface area contributed by atoms with Crippen LogP contribution in [0.5, 0.6) is 0 Å². The van der Waals surface area contributed by atoms with Gasteiger partial charge in [0.25, 0.3) is 5.91 Å². The summed E-state index contributed by atoms with van der Waals surface area (Å²) in [5.74, 6) is 0.782. The molecule has 0 aromatic carbocycles. The van der Waals surface area contributed by atoms with E-state index in [1.165, 1.54) is 0 Å². The third-order valence-corrected chi connectivity index (χ3v) is 3.46. The first-order valence-electron chi connectivity index (χ1n) is 6.35. The molecule has 2 rings (SSSR count). The summed E-state index contributed by atoms with van der Waals surface area (Å²) < 4.78 is 2.01. The molecule has 1 aromatic heterocycles.